The Kier molecular flexibility index (Phi) is 3.52. The van der Waals surface area contributed by atoms with Gasteiger partial charge in [-0.2, -0.15) is 0 Å². The number of benzene rings is 2. The third-order valence-electron chi connectivity index (χ3n) is 4.49. The molecule has 2 aromatic heterocycles. The number of hydrogen-bond acceptors (Lipinski definition) is 4. The Morgan fingerprint density at radius 2 is 1.81 bits per heavy atom. The molecule has 0 atom stereocenters. The van der Waals surface area contributed by atoms with E-state index in [0.29, 0.717) is 22.2 Å². The van der Waals surface area contributed by atoms with E-state index in [9.17, 15) is 14.7 Å². The Morgan fingerprint density at radius 1 is 1.04 bits per heavy atom. The quantitative estimate of drug-likeness (QED) is 0.583. The average Bonchev–Trinajstić information content (AvgIpc) is 2.61. The lowest BCUT2D eigenvalue weighted by atomic mass is 9.97. The molecule has 0 saturated carbocycles. The molecule has 0 spiro atoms. The number of H-pyrrole nitrogens is 1. The van der Waals surface area contributed by atoms with Crippen LogP contribution in [0.1, 0.15) is 19.4 Å². The van der Waals surface area contributed by atoms with E-state index in [1.807, 2.05) is 24.3 Å². The Balaban J connectivity index is 2.10. The number of rotatable bonds is 2. The number of pyridine rings is 1. The van der Waals surface area contributed by atoms with E-state index in [1.165, 1.54) is 6.20 Å². The highest BCUT2D eigenvalue weighted by Crippen LogP contribution is 2.23. The molecule has 2 aromatic carbocycles. The van der Waals surface area contributed by atoms with Gasteiger partial charge in [-0.15, -0.1) is 0 Å². The summed E-state index contributed by atoms with van der Waals surface area (Å²) >= 11 is 0. The number of aromatic nitrogens is 3. The second-order valence-corrected chi connectivity index (χ2v) is 6.77. The van der Waals surface area contributed by atoms with E-state index in [0.717, 1.165) is 15.3 Å². The van der Waals surface area contributed by atoms with Crippen LogP contribution in [0.25, 0.3) is 27.4 Å². The standard InChI is InChI=1S/C20H17N3O3/c1-20(2,26)13-7-8-16-15(9-13)18(24)23(19(25)22-16)17-11-21-10-12-5-3-4-6-14(12)17/h3-11,26H,1-2H3,(H,22,25). The van der Waals surface area contributed by atoms with Gasteiger partial charge in [-0.05, 0) is 31.5 Å². The van der Waals surface area contributed by atoms with E-state index < -0.39 is 16.9 Å². The lowest BCUT2D eigenvalue weighted by Crippen LogP contribution is -2.34. The van der Waals surface area contributed by atoms with Crippen molar-refractivity contribution in [2.45, 2.75) is 19.4 Å². The number of aromatic amines is 1. The molecule has 0 radical (unpaired) electrons. The molecule has 0 saturated heterocycles. The van der Waals surface area contributed by atoms with Crippen molar-refractivity contribution in [3.05, 3.63) is 81.3 Å². The van der Waals surface area contributed by atoms with Crippen molar-refractivity contribution in [2.24, 2.45) is 0 Å². The number of fused-ring (bicyclic) bond motifs is 2. The molecule has 26 heavy (non-hydrogen) atoms. The van der Waals surface area contributed by atoms with Crippen molar-refractivity contribution in [3.8, 4) is 5.69 Å². The predicted molar refractivity (Wildman–Crippen MR) is 101 cm³/mol. The van der Waals surface area contributed by atoms with Crippen LogP contribution in [0.5, 0.6) is 0 Å². The largest absolute Gasteiger partial charge is 0.386 e. The summed E-state index contributed by atoms with van der Waals surface area (Å²) in [7, 11) is 0. The van der Waals surface area contributed by atoms with Crippen molar-refractivity contribution in [3.63, 3.8) is 0 Å². The molecule has 0 fully saturated rings. The maximum atomic E-state index is 13.1. The van der Waals surface area contributed by atoms with Crippen LogP contribution in [-0.4, -0.2) is 19.6 Å². The van der Waals surface area contributed by atoms with Crippen LogP contribution in [0.15, 0.2) is 64.4 Å². The van der Waals surface area contributed by atoms with E-state index in [4.69, 9.17) is 0 Å². The van der Waals surface area contributed by atoms with Gasteiger partial charge in [-0.3, -0.25) is 9.78 Å². The summed E-state index contributed by atoms with van der Waals surface area (Å²) in [6, 6.07) is 12.4. The van der Waals surface area contributed by atoms with Crippen molar-refractivity contribution >= 4 is 21.7 Å². The van der Waals surface area contributed by atoms with Gasteiger partial charge in [-0.25, -0.2) is 9.36 Å². The molecule has 6 nitrogen and oxygen atoms in total. The SMILES string of the molecule is CC(C)(O)c1ccc2[nH]c(=O)n(-c3cncc4ccccc34)c(=O)c2c1. The highest BCUT2D eigenvalue weighted by Gasteiger charge is 2.18. The minimum absolute atomic E-state index is 0.331. The Hall–Kier alpha value is -3.25. The fraction of sp³-hybridized carbons (Fsp3) is 0.150. The van der Waals surface area contributed by atoms with Gasteiger partial charge in [0.25, 0.3) is 5.56 Å². The zero-order chi connectivity index (χ0) is 18.5. The fourth-order valence-electron chi connectivity index (χ4n) is 3.09. The summed E-state index contributed by atoms with van der Waals surface area (Å²) < 4.78 is 1.09. The van der Waals surface area contributed by atoms with Crippen LogP contribution in [0.2, 0.25) is 0 Å². The second kappa shape index (κ2) is 5.64. The predicted octanol–water partition coefficient (Wildman–Crippen LogP) is 2.45. The van der Waals surface area contributed by atoms with Crippen molar-refractivity contribution < 1.29 is 5.11 Å². The third-order valence-corrected chi connectivity index (χ3v) is 4.49. The number of hydrogen-bond donors (Lipinski definition) is 2. The van der Waals surface area contributed by atoms with Gasteiger partial charge in [0, 0.05) is 17.0 Å². The van der Waals surface area contributed by atoms with Crippen LogP contribution < -0.4 is 11.2 Å². The van der Waals surface area contributed by atoms with Crippen LogP contribution in [0.4, 0.5) is 0 Å². The molecular formula is C20H17N3O3. The van der Waals surface area contributed by atoms with E-state index in [1.54, 1.807) is 38.2 Å². The lowest BCUT2D eigenvalue weighted by molar-refractivity contribution is 0.0787. The highest BCUT2D eigenvalue weighted by atomic mass is 16.3. The first kappa shape index (κ1) is 16.2. The van der Waals surface area contributed by atoms with Gasteiger partial charge in [0.05, 0.1) is 28.4 Å². The zero-order valence-corrected chi connectivity index (χ0v) is 14.4. The molecule has 0 aliphatic rings. The minimum Gasteiger partial charge on any atom is -0.386 e. The Labute approximate surface area is 148 Å². The first-order chi connectivity index (χ1) is 12.4. The summed E-state index contributed by atoms with van der Waals surface area (Å²) in [5.74, 6) is 0. The molecule has 0 aliphatic heterocycles. The maximum absolute atomic E-state index is 13.1. The highest BCUT2D eigenvalue weighted by molar-refractivity contribution is 5.89. The van der Waals surface area contributed by atoms with Crippen LogP contribution in [0, 0.1) is 0 Å². The monoisotopic (exact) mass is 347 g/mol. The van der Waals surface area contributed by atoms with Gasteiger partial charge in [0.1, 0.15) is 0 Å². The van der Waals surface area contributed by atoms with Crippen LogP contribution in [0.3, 0.4) is 0 Å². The molecule has 4 rings (SSSR count). The topological polar surface area (TPSA) is 88.0 Å². The van der Waals surface area contributed by atoms with E-state index in [2.05, 4.69) is 9.97 Å². The van der Waals surface area contributed by atoms with Crippen molar-refractivity contribution in [1.82, 2.24) is 14.5 Å². The van der Waals surface area contributed by atoms with Crippen molar-refractivity contribution in [1.29, 1.82) is 0 Å². The van der Waals surface area contributed by atoms with Crippen LogP contribution in [-0.2, 0) is 5.60 Å². The molecule has 130 valence electrons. The molecule has 0 unspecified atom stereocenters. The number of nitrogens with zero attached hydrogens (tertiary/aromatic N) is 2. The Morgan fingerprint density at radius 3 is 2.58 bits per heavy atom. The molecular weight excluding hydrogens is 330 g/mol. The Bertz CT molecular complexity index is 1260. The summed E-state index contributed by atoms with van der Waals surface area (Å²) in [5, 5.41) is 12.2. The molecule has 4 aromatic rings. The summed E-state index contributed by atoms with van der Waals surface area (Å²) in [5.41, 5.74) is -0.633. The molecule has 0 bridgehead atoms. The average molecular weight is 347 g/mol. The third kappa shape index (κ3) is 2.51. The van der Waals surface area contributed by atoms with Gasteiger partial charge in [0.15, 0.2) is 0 Å². The van der Waals surface area contributed by atoms with Gasteiger partial charge < -0.3 is 10.1 Å². The number of nitrogens with one attached hydrogen (secondary N) is 1. The lowest BCUT2D eigenvalue weighted by Gasteiger charge is -2.18. The molecule has 6 heteroatoms. The molecule has 0 aliphatic carbocycles. The van der Waals surface area contributed by atoms with Gasteiger partial charge >= 0.3 is 5.69 Å². The summed E-state index contributed by atoms with van der Waals surface area (Å²) in [6.45, 7) is 3.29. The smallest absolute Gasteiger partial charge is 0.333 e. The first-order valence-electron chi connectivity index (χ1n) is 8.21. The normalized spacial score (nSPS) is 12.0. The maximum Gasteiger partial charge on any atom is 0.333 e. The number of aliphatic hydroxyl groups is 1. The van der Waals surface area contributed by atoms with E-state index in [-0.39, 0.29) is 0 Å². The van der Waals surface area contributed by atoms with Crippen molar-refractivity contribution in [2.75, 3.05) is 0 Å². The zero-order valence-electron chi connectivity index (χ0n) is 14.4. The van der Waals surface area contributed by atoms with Gasteiger partial charge in [0.2, 0.25) is 0 Å². The second-order valence-electron chi connectivity index (χ2n) is 6.77. The molecule has 2 heterocycles. The van der Waals surface area contributed by atoms with Crippen LogP contribution >= 0.6 is 0 Å². The summed E-state index contributed by atoms with van der Waals surface area (Å²) in [4.78, 5) is 32.6. The van der Waals surface area contributed by atoms with Gasteiger partial charge in [-0.1, -0.05) is 30.3 Å². The first-order valence-corrected chi connectivity index (χ1v) is 8.21. The molecule has 0 amide bonds. The summed E-state index contributed by atoms with van der Waals surface area (Å²) in [6.07, 6.45) is 3.19. The fourth-order valence-corrected chi connectivity index (χ4v) is 3.09. The molecule has 2 N–H and O–H groups in total. The minimum atomic E-state index is -1.09. The van der Waals surface area contributed by atoms with E-state index >= 15 is 0 Å².